The molecular weight excluding hydrogens is 327 g/mol. The molecule has 1 aliphatic heterocycles. The number of hydrogen-bond donors (Lipinski definition) is 3. The smallest absolute Gasteiger partial charge is 0.225 e. The summed E-state index contributed by atoms with van der Waals surface area (Å²) >= 11 is 11.9. The normalized spacial score (nSPS) is 25.4. The number of halogens is 2. The number of amides is 1. The Bertz CT molecular complexity index is 556. The summed E-state index contributed by atoms with van der Waals surface area (Å²) in [6.07, 6.45) is 0.277. The Balaban J connectivity index is 1.91. The minimum atomic E-state index is -0.479. The van der Waals surface area contributed by atoms with Crippen LogP contribution in [0.25, 0.3) is 0 Å². The predicted molar refractivity (Wildman–Crippen MR) is 87.4 cm³/mol. The number of carbonyl (C=O) groups excluding carboxylic acids is 1. The first kappa shape index (κ1) is 17.5. The van der Waals surface area contributed by atoms with E-state index in [-0.39, 0.29) is 18.9 Å². The number of aliphatic hydroxyl groups excluding tert-OH is 2. The topological polar surface area (TPSA) is 72.8 Å². The molecular formula is C15H20Cl2N2O3. The van der Waals surface area contributed by atoms with Crippen molar-refractivity contribution in [3.8, 4) is 0 Å². The largest absolute Gasteiger partial charge is 0.394 e. The molecule has 2 rings (SSSR count). The van der Waals surface area contributed by atoms with Crippen LogP contribution in [0.5, 0.6) is 0 Å². The third kappa shape index (κ3) is 4.12. The Morgan fingerprint density at radius 2 is 2.23 bits per heavy atom. The molecule has 0 radical (unpaired) electrons. The molecule has 2 atom stereocenters. The molecule has 0 saturated carbocycles. The van der Waals surface area contributed by atoms with E-state index in [4.69, 9.17) is 23.2 Å². The van der Waals surface area contributed by atoms with Crippen molar-refractivity contribution in [1.82, 2.24) is 4.90 Å². The molecule has 1 saturated heterocycles. The van der Waals surface area contributed by atoms with Crippen molar-refractivity contribution in [3.63, 3.8) is 0 Å². The molecule has 5 nitrogen and oxygen atoms in total. The monoisotopic (exact) mass is 346 g/mol. The summed E-state index contributed by atoms with van der Waals surface area (Å²) in [5.41, 5.74) is -0.00142. The molecule has 1 fully saturated rings. The quantitative estimate of drug-likeness (QED) is 0.763. The highest BCUT2D eigenvalue weighted by atomic mass is 35.5. The lowest BCUT2D eigenvalue weighted by Gasteiger charge is -2.32. The van der Waals surface area contributed by atoms with Crippen molar-refractivity contribution in [3.05, 3.63) is 28.2 Å². The number of carbonyl (C=O) groups is 1. The van der Waals surface area contributed by atoms with Gasteiger partial charge >= 0.3 is 0 Å². The number of β-amino-alcohol motifs (C(OH)–C–C–N with tert-alkyl or cyclic N) is 1. The maximum absolute atomic E-state index is 12.0. The first-order chi connectivity index (χ1) is 10.3. The number of nitrogens with zero attached hydrogens (tertiary/aromatic N) is 1. The standard InChI is InChI=1S/C15H20Cl2N2O3/c1-15(9-20)7-11(21)8-19(15)5-4-14(22)18-13-6-10(16)2-3-12(13)17/h2-3,6,11,20-21H,4-5,7-9H2,1H3,(H,18,22)/t11-,15+/m0/s1. The van der Waals surface area contributed by atoms with Gasteiger partial charge in [-0.05, 0) is 31.5 Å². The SMILES string of the molecule is C[C@]1(CO)C[C@H](O)CN1CCC(=O)Nc1cc(Cl)ccc1Cl. The summed E-state index contributed by atoms with van der Waals surface area (Å²) in [5, 5.41) is 22.9. The van der Waals surface area contributed by atoms with Crippen LogP contribution in [0.4, 0.5) is 5.69 Å². The lowest BCUT2D eigenvalue weighted by Crippen LogP contribution is -2.45. The van der Waals surface area contributed by atoms with Crippen molar-refractivity contribution in [2.75, 3.05) is 25.0 Å². The van der Waals surface area contributed by atoms with Gasteiger partial charge in [-0.2, -0.15) is 0 Å². The van der Waals surface area contributed by atoms with Gasteiger partial charge in [0.15, 0.2) is 0 Å². The van der Waals surface area contributed by atoms with Crippen molar-refractivity contribution >= 4 is 34.8 Å². The number of rotatable bonds is 5. The average molecular weight is 347 g/mol. The van der Waals surface area contributed by atoms with E-state index >= 15 is 0 Å². The maximum atomic E-state index is 12.0. The van der Waals surface area contributed by atoms with Gasteiger partial charge in [0.25, 0.3) is 0 Å². The molecule has 0 aliphatic carbocycles. The Morgan fingerprint density at radius 1 is 1.50 bits per heavy atom. The van der Waals surface area contributed by atoms with Crippen molar-refractivity contribution in [2.45, 2.75) is 31.4 Å². The van der Waals surface area contributed by atoms with Gasteiger partial charge in [0.1, 0.15) is 0 Å². The van der Waals surface area contributed by atoms with Crippen LogP contribution in [-0.4, -0.2) is 52.4 Å². The molecule has 0 spiro atoms. The van der Waals surface area contributed by atoms with Crippen LogP contribution in [0.15, 0.2) is 18.2 Å². The zero-order valence-corrected chi connectivity index (χ0v) is 13.9. The van der Waals surface area contributed by atoms with Crippen LogP contribution < -0.4 is 5.32 Å². The van der Waals surface area contributed by atoms with E-state index in [0.29, 0.717) is 35.2 Å². The van der Waals surface area contributed by atoms with Gasteiger partial charge in [0.2, 0.25) is 5.91 Å². The van der Waals surface area contributed by atoms with Gasteiger partial charge in [-0.3, -0.25) is 9.69 Å². The molecule has 0 aromatic heterocycles. The van der Waals surface area contributed by atoms with Gasteiger partial charge in [-0.15, -0.1) is 0 Å². The van der Waals surface area contributed by atoms with Gasteiger partial charge in [0, 0.05) is 30.1 Å². The van der Waals surface area contributed by atoms with Gasteiger partial charge in [0.05, 0.1) is 23.4 Å². The molecule has 22 heavy (non-hydrogen) atoms. The minimum absolute atomic E-state index is 0.0498. The van der Waals surface area contributed by atoms with Gasteiger partial charge in [-0.25, -0.2) is 0 Å². The molecule has 3 N–H and O–H groups in total. The van der Waals surface area contributed by atoms with Gasteiger partial charge in [-0.1, -0.05) is 23.2 Å². The molecule has 0 unspecified atom stereocenters. The highest BCUT2D eigenvalue weighted by molar-refractivity contribution is 6.35. The number of hydrogen-bond acceptors (Lipinski definition) is 4. The van der Waals surface area contributed by atoms with Crippen molar-refractivity contribution in [1.29, 1.82) is 0 Å². The first-order valence-electron chi connectivity index (χ1n) is 7.13. The molecule has 1 heterocycles. The number of nitrogens with one attached hydrogen (secondary N) is 1. The zero-order chi connectivity index (χ0) is 16.3. The highest BCUT2D eigenvalue weighted by Crippen LogP contribution is 2.29. The lowest BCUT2D eigenvalue weighted by atomic mass is 9.99. The highest BCUT2D eigenvalue weighted by Gasteiger charge is 2.40. The summed E-state index contributed by atoms with van der Waals surface area (Å²) in [6, 6.07) is 4.87. The molecule has 1 aromatic rings. The van der Waals surface area contributed by atoms with E-state index in [1.54, 1.807) is 18.2 Å². The van der Waals surface area contributed by atoms with E-state index < -0.39 is 11.6 Å². The Kier molecular flexibility index (Phi) is 5.69. The number of benzene rings is 1. The second-order valence-electron chi connectivity index (χ2n) is 5.88. The summed E-state index contributed by atoms with van der Waals surface area (Å²) in [7, 11) is 0. The van der Waals surface area contributed by atoms with E-state index in [2.05, 4.69) is 5.32 Å². The molecule has 1 aromatic carbocycles. The predicted octanol–water partition coefficient (Wildman–Crippen LogP) is 2.14. The van der Waals surface area contributed by atoms with E-state index in [1.807, 2.05) is 11.8 Å². The number of anilines is 1. The summed E-state index contributed by atoms with van der Waals surface area (Å²) in [6.45, 7) is 2.75. The van der Waals surface area contributed by atoms with Crippen LogP contribution in [0.3, 0.4) is 0 Å². The fourth-order valence-corrected chi connectivity index (χ4v) is 3.08. The molecule has 1 aliphatic rings. The Labute approximate surface area is 139 Å². The summed E-state index contributed by atoms with van der Waals surface area (Å²) in [4.78, 5) is 14.0. The fourth-order valence-electron chi connectivity index (χ4n) is 2.74. The Hall–Kier alpha value is -0.850. The van der Waals surface area contributed by atoms with Crippen LogP contribution in [-0.2, 0) is 4.79 Å². The van der Waals surface area contributed by atoms with Crippen LogP contribution >= 0.6 is 23.2 Å². The average Bonchev–Trinajstić information content (AvgIpc) is 2.76. The number of likely N-dealkylation sites (tertiary alicyclic amines) is 1. The third-order valence-electron chi connectivity index (χ3n) is 4.02. The molecule has 7 heteroatoms. The zero-order valence-electron chi connectivity index (χ0n) is 12.4. The molecule has 122 valence electrons. The third-order valence-corrected chi connectivity index (χ3v) is 4.59. The van der Waals surface area contributed by atoms with Gasteiger partial charge < -0.3 is 15.5 Å². The maximum Gasteiger partial charge on any atom is 0.225 e. The summed E-state index contributed by atoms with van der Waals surface area (Å²) in [5.74, 6) is -0.189. The minimum Gasteiger partial charge on any atom is -0.394 e. The molecule has 1 amide bonds. The molecule has 0 bridgehead atoms. The van der Waals surface area contributed by atoms with Crippen LogP contribution in [0.2, 0.25) is 10.0 Å². The van der Waals surface area contributed by atoms with Crippen LogP contribution in [0, 0.1) is 0 Å². The fraction of sp³-hybridized carbons (Fsp3) is 0.533. The van der Waals surface area contributed by atoms with E-state index in [0.717, 1.165) is 0 Å². The van der Waals surface area contributed by atoms with Crippen molar-refractivity contribution < 1.29 is 15.0 Å². The van der Waals surface area contributed by atoms with Crippen LogP contribution in [0.1, 0.15) is 19.8 Å². The van der Waals surface area contributed by atoms with E-state index in [1.165, 1.54) is 0 Å². The second-order valence-corrected chi connectivity index (χ2v) is 6.72. The lowest BCUT2D eigenvalue weighted by molar-refractivity contribution is -0.116. The van der Waals surface area contributed by atoms with E-state index in [9.17, 15) is 15.0 Å². The van der Waals surface area contributed by atoms with Crippen molar-refractivity contribution in [2.24, 2.45) is 0 Å². The Morgan fingerprint density at radius 3 is 2.91 bits per heavy atom. The number of aliphatic hydroxyl groups is 2. The first-order valence-corrected chi connectivity index (χ1v) is 7.88. The second kappa shape index (κ2) is 7.15. The summed E-state index contributed by atoms with van der Waals surface area (Å²) < 4.78 is 0.